The van der Waals surface area contributed by atoms with Gasteiger partial charge in [0.2, 0.25) is 0 Å². The number of alkyl halides is 3. The van der Waals surface area contributed by atoms with Gasteiger partial charge in [0.05, 0.1) is 16.8 Å². The lowest BCUT2D eigenvalue weighted by molar-refractivity contribution is -0.192. The third-order valence-corrected chi connectivity index (χ3v) is 6.54. The third-order valence-electron chi connectivity index (χ3n) is 5.14. The van der Waals surface area contributed by atoms with E-state index in [1.54, 1.807) is 12.1 Å². The highest BCUT2D eigenvalue weighted by Crippen LogP contribution is 2.25. The van der Waals surface area contributed by atoms with Crippen molar-refractivity contribution in [3.05, 3.63) is 47.7 Å². The number of pyridine rings is 1. The fraction of sp³-hybridized carbons (Fsp3) is 0.409. The van der Waals surface area contributed by atoms with Crippen LogP contribution in [0.5, 0.6) is 0 Å². The molecule has 1 aliphatic heterocycles. The molecule has 2 heterocycles. The number of halogens is 3. The van der Waals surface area contributed by atoms with Crippen molar-refractivity contribution in [2.45, 2.75) is 50.1 Å². The minimum absolute atomic E-state index is 0.00318. The molecule has 35 heavy (non-hydrogen) atoms. The van der Waals surface area contributed by atoms with Crippen LogP contribution in [0.4, 0.5) is 24.7 Å². The molecule has 0 saturated carbocycles. The zero-order chi connectivity index (χ0) is 26.2. The lowest BCUT2D eigenvalue weighted by atomic mass is 10.2. The first-order chi connectivity index (χ1) is 16.3. The van der Waals surface area contributed by atoms with Crippen molar-refractivity contribution in [3.8, 4) is 0 Å². The average molecular weight is 518 g/mol. The molecule has 1 aromatic heterocycles. The summed E-state index contributed by atoms with van der Waals surface area (Å²) in [6.45, 7) is 3.50. The number of rotatable bonds is 6. The van der Waals surface area contributed by atoms with Crippen molar-refractivity contribution >= 4 is 33.5 Å². The number of aliphatic carboxylic acids is 1. The maximum atomic E-state index is 12.6. The first-order valence-electron chi connectivity index (χ1n) is 10.7. The number of carboxylic acid groups (broad SMARTS) is 2. The van der Waals surface area contributed by atoms with Crippen LogP contribution in [0.3, 0.4) is 0 Å². The van der Waals surface area contributed by atoms with E-state index in [0.29, 0.717) is 5.82 Å². The maximum Gasteiger partial charge on any atom is 0.490 e. The van der Waals surface area contributed by atoms with Crippen LogP contribution in [-0.4, -0.2) is 54.8 Å². The molecule has 0 radical (unpaired) electrons. The Morgan fingerprint density at radius 1 is 1.06 bits per heavy atom. The van der Waals surface area contributed by atoms with Crippen LogP contribution in [0.25, 0.3) is 0 Å². The number of nitrogens with zero attached hydrogens (tertiary/aromatic N) is 2. The standard InChI is InChI=1S/C20H25N3O4S.C2HF3O2/c1-2-15-7-9-17(10-8-15)28(26,27)22-16-13-18(20(24)25)19(21-14-16)23-11-5-3-4-6-12-23;3-2(4,5)1(6)7/h7-10,13-14,22H,2-6,11-12H2,1H3,(H,24,25);(H,6,7). The summed E-state index contributed by atoms with van der Waals surface area (Å²) in [5.74, 6) is -3.49. The predicted molar refractivity (Wildman–Crippen MR) is 122 cm³/mol. The fourth-order valence-electron chi connectivity index (χ4n) is 3.32. The van der Waals surface area contributed by atoms with Gasteiger partial charge >= 0.3 is 18.1 Å². The molecule has 0 bridgehead atoms. The summed E-state index contributed by atoms with van der Waals surface area (Å²) in [5.41, 5.74) is 1.18. The highest BCUT2D eigenvalue weighted by atomic mass is 32.2. The summed E-state index contributed by atoms with van der Waals surface area (Å²) >= 11 is 0. The number of aryl methyl sites for hydroxylation is 1. The molecule has 9 nitrogen and oxygen atoms in total. The van der Waals surface area contributed by atoms with Crippen LogP contribution in [0.15, 0.2) is 41.4 Å². The predicted octanol–water partition coefficient (Wildman–Crippen LogP) is 4.16. The van der Waals surface area contributed by atoms with Crippen LogP contribution < -0.4 is 9.62 Å². The average Bonchev–Trinajstić information content (AvgIpc) is 3.08. The molecule has 0 amide bonds. The van der Waals surface area contributed by atoms with Gasteiger partial charge in [-0.2, -0.15) is 13.2 Å². The molecule has 1 fully saturated rings. The zero-order valence-electron chi connectivity index (χ0n) is 18.9. The molecule has 1 saturated heterocycles. The highest BCUT2D eigenvalue weighted by Gasteiger charge is 2.38. The Hall–Kier alpha value is -3.35. The molecule has 13 heteroatoms. The van der Waals surface area contributed by atoms with Crippen molar-refractivity contribution in [3.63, 3.8) is 0 Å². The van der Waals surface area contributed by atoms with Gasteiger partial charge in [-0.3, -0.25) is 4.72 Å². The smallest absolute Gasteiger partial charge is 0.478 e. The molecule has 2 aromatic rings. The zero-order valence-corrected chi connectivity index (χ0v) is 19.7. The van der Waals surface area contributed by atoms with Gasteiger partial charge in [-0.05, 0) is 43.0 Å². The maximum absolute atomic E-state index is 12.6. The lowest BCUT2D eigenvalue weighted by Crippen LogP contribution is -2.27. The lowest BCUT2D eigenvalue weighted by Gasteiger charge is -2.23. The summed E-state index contributed by atoms with van der Waals surface area (Å²) in [6, 6.07) is 7.94. The molecule has 192 valence electrons. The first-order valence-corrected chi connectivity index (χ1v) is 12.2. The first kappa shape index (κ1) is 27.9. The monoisotopic (exact) mass is 517 g/mol. The van der Waals surface area contributed by atoms with E-state index in [0.717, 1.165) is 50.8 Å². The summed E-state index contributed by atoms with van der Waals surface area (Å²) in [4.78, 5) is 27.0. The molecule has 0 spiro atoms. The number of nitrogens with one attached hydrogen (secondary N) is 1. The van der Waals surface area contributed by atoms with Gasteiger partial charge in [0.15, 0.2) is 0 Å². The molecule has 1 aliphatic rings. The summed E-state index contributed by atoms with van der Waals surface area (Å²) in [7, 11) is -3.82. The van der Waals surface area contributed by atoms with Crippen LogP contribution >= 0.6 is 0 Å². The fourth-order valence-corrected chi connectivity index (χ4v) is 4.36. The molecule has 0 unspecified atom stereocenters. The van der Waals surface area contributed by atoms with Crippen molar-refractivity contribution in [1.82, 2.24) is 4.98 Å². The van der Waals surface area contributed by atoms with Crippen molar-refractivity contribution < 1.29 is 41.4 Å². The number of carboxylic acids is 2. The largest absolute Gasteiger partial charge is 0.490 e. The van der Waals surface area contributed by atoms with E-state index in [4.69, 9.17) is 9.90 Å². The van der Waals surface area contributed by atoms with E-state index in [1.807, 2.05) is 11.8 Å². The van der Waals surface area contributed by atoms with Crippen LogP contribution in [0.2, 0.25) is 0 Å². The topological polar surface area (TPSA) is 137 Å². The summed E-state index contributed by atoms with van der Waals surface area (Å²) < 4.78 is 59.4. The second kappa shape index (κ2) is 11.9. The van der Waals surface area contributed by atoms with E-state index in [1.165, 1.54) is 24.4 Å². The summed E-state index contributed by atoms with van der Waals surface area (Å²) in [5, 5.41) is 16.7. The van der Waals surface area contributed by atoms with Gasteiger partial charge in [-0.25, -0.2) is 23.0 Å². The Morgan fingerprint density at radius 3 is 2.06 bits per heavy atom. The van der Waals surface area contributed by atoms with Gasteiger partial charge in [0.25, 0.3) is 10.0 Å². The van der Waals surface area contributed by atoms with E-state index in [9.17, 15) is 31.5 Å². The highest BCUT2D eigenvalue weighted by molar-refractivity contribution is 7.92. The SMILES string of the molecule is CCc1ccc(S(=O)(=O)Nc2cnc(N3CCCCCC3)c(C(=O)O)c2)cc1.O=C(O)C(F)(F)F. The van der Waals surface area contributed by atoms with Crippen LogP contribution in [0, 0.1) is 0 Å². The van der Waals surface area contributed by atoms with Gasteiger partial charge in [0.1, 0.15) is 11.4 Å². The van der Waals surface area contributed by atoms with Crippen molar-refractivity contribution in [1.29, 1.82) is 0 Å². The second-order valence-electron chi connectivity index (χ2n) is 7.71. The van der Waals surface area contributed by atoms with E-state index < -0.39 is 28.1 Å². The molecule has 0 aliphatic carbocycles. The molecule has 3 N–H and O–H groups in total. The Morgan fingerprint density at radius 2 is 1.60 bits per heavy atom. The van der Waals surface area contributed by atoms with Crippen LogP contribution in [-0.2, 0) is 21.2 Å². The minimum atomic E-state index is -5.08. The molecule has 3 rings (SSSR count). The van der Waals surface area contributed by atoms with Gasteiger partial charge in [0, 0.05) is 13.1 Å². The molecule has 0 atom stereocenters. The number of hydrogen-bond donors (Lipinski definition) is 3. The number of sulfonamides is 1. The number of aromatic nitrogens is 1. The molecular formula is C22H26F3N3O6S. The van der Waals surface area contributed by atoms with Gasteiger partial charge < -0.3 is 15.1 Å². The third kappa shape index (κ3) is 8.12. The van der Waals surface area contributed by atoms with E-state index >= 15 is 0 Å². The number of hydrogen-bond acceptors (Lipinski definition) is 6. The van der Waals surface area contributed by atoms with E-state index in [2.05, 4.69) is 9.71 Å². The van der Waals surface area contributed by atoms with Gasteiger partial charge in [-0.1, -0.05) is 31.9 Å². The van der Waals surface area contributed by atoms with Crippen molar-refractivity contribution in [2.75, 3.05) is 22.7 Å². The Balaban J connectivity index is 0.000000540. The quantitative estimate of drug-likeness (QED) is 0.520. The normalized spacial score (nSPS) is 14.3. The number of anilines is 2. The molecule has 1 aromatic carbocycles. The van der Waals surface area contributed by atoms with Crippen LogP contribution in [0.1, 0.15) is 48.5 Å². The molecular weight excluding hydrogens is 491 g/mol. The summed E-state index contributed by atoms with van der Waals surface area (Å²) in [6.07, 6.45) is 1.33. The Labute approximate surface area is 200 Å². The number of benzene rings is 1. The van der Waals surface area contributed by atoms with E-state index in [-0.39, 0.29) is 16.1 Å². The Bertz CT molecular complexity index is 1130. The minimum Gasteiger partial charge on any atom is -0.478 e. The number of aromatic carboxylic acids is 1. The number of carbonyl (C=O) groups is 2. The van der Waals surface area contributed by atoms with Crippen molar-refractivity contribution in [2.24, 2.45) is 0 Å². The van der Waals surface area contributed by atoms with Gasteiger partial charge in [-0.15, -0.1) is 0 Å². The second-order valence-corrected chi connectivity index (χ2v) is 9.39. The Kier molecular flexibility index (Phi) is 9.46.